The Morgan fingerprint density at radius 2 is 1.74 bits per heavy atom. The highest BCUT2D eigenvalue weighted by Crippen LogP contribution is 2.36. The smallest absolute Gasteiger partial charge is 0.363 e. The number of benzene rings is 3. The van der Waals surface area contributed by atoms with E-state index in [1.54, 1.807) is 36.4 Å². The zero-order valence-corrected chi connectivity index (χ0v) is 20.8. The summed E-state index contributed by atoms with van der Waals surface area (Å²) in [7, 11) is 0. The van der Waals surface area contributed by atoms with Crippen molar-refractivity contribution in [3.05, 3.63) is 107 Å². The molecule has 0 bridgehead atoms. The second-order valence-corrected chi connectivity index (χ2v) is 8.94. The maximum absolute atomic E-state index is 12.5. The van der Waals surface area contributed by atoms with Crippen molar-refractivity contribution in [2.45, 2.75) is 0 Å². The average Bonchev–Trinajstić information content (AvgIpc) is 3.16. The molecule has 1 heterocycles. The summed E-state index contributed by atoms with van der Waals surface area (Å²) in [4.78, 5) is 39.3. The molecule has 0 atom stereocenters. The van der Waals surface area contributed by atoms with Crippen LogP contribution in [0.3, 0.4) is 0 Å². The molecule has 34 heavy (non-hydrogen) atoms. The van der Waals surface area contributed by atoms with E-state index in [2.05, 4.69) is 36.9 Å². The fourth-order valence-electron chi connectivity index (χ4n) is 2.95. The summed E-state index contributed by atoms with van der Waals surface area (Å²) in [5.41, 5.74) is 1.15. The van der Waals surface area contributed by atoms with Crippen LogP contribution in [0.5, 0.6) is 5.75 Å². The third-order valence-corrected chi connectivity index (χ3v) is 6.07. The molecule has 8 nitrogen and oxygen atoms in total. The number of ether oxygens (including phenoxy) is 2. The Kier molecular flexibility index (Phi) is 6.92. The second kappa shape index (κ2) is 9.88. The molecule has 0 N–H and O–H groups in total. The summed E-state index contributed by atoms with van der Waals surface area (Å²) in [5, 5.41) is 11.1. The Morgan fingerprint density at radius 1 is 1.09 bits per heavy atom. The number of hydrogen-bond donors (Lipinski definition) is 0. The summed E-state index contributed by atoms with van der Waals surface area (Å²) in [6, 6.07) is 15.3. The topological polar surface area (TPSA) is 108 Å². The summed E-state index contributed by atoms with van der Waals surface area (Å²) in [5.74, 6) is -1.03. The van der Waals surface area contributed by atoms with Crippen molar-refractivity contribution in [1.82, 2.24) is 0 Å². The van der Waals surface area contributed by atoms with E-state index < -0.39 is 16.9 Å². The van der Waals surface area contributed by atoms with E-state index in [-0.39, 0.29) is 33.6 Å². The molecule has 0 saturated carbocycles. The van der Waals surface area contributed by atoms with Gasteiger partial charge in [-0.05, 0) is 79.9 Å². The van der Waals surface area contributed by atoms with Gasteiger partial charge < -0.3 is 9.47 Å². The fraction of sp³-hybridized carbons (Fsp3) is 0. The van der Waals surface area contributed by atoms with E-state index >= 15 is 0 Å². The van der Waals surface area contributed by atoms with Crippen molar-refractivity contribution in [2.75, 3.05) is 0 Å². The quantitative estimate of drug-likeness (QED) is 0.110. The van der Waals surface area contributed by atoms with Crippen molar-refractivity contribution >= 4 is 73.1 Å². The zero-order valence-electron chi connectivity index (χ0n) is 16.8. The molecular formula is C23H11Br2ClN2O6. The number of nitrogens with zero attached hydrogens (tertiary/aromatic N) is 2. The van der Waals surface area contributed by atoms with Crippen molar-refractivity contribution < 1.29 is 24.0 Å². The number of carbonyl (C=O) groups is 2. The molecule has 0 fully saturated rings. The Morgan fingerprint density at radius 3 is 2.35 bits per heavy atom. The normalized spacial score (nSPS) is 14.0. The molecule has 3 aromatic carbocycles. The first-order valence-corrected chi connectivity index (χ1v) is 11.4. The Labute approximate surface area is 214 Å². The van der Waals surface area contributed by atoms with Gasteiger partial charge in [-0.25, -0.2) is 14.6 Å². The third-order valence-electron chi connectivity index (χ3n) is 4.56. The molecule has 0 saturated heterocycles. The van der Waals surface area contributed by atoms with E-state index in [9.17, 15) is 19.7 Å². The SMILES string of the molecule is O=C1OC(c2ccc([N+](=O)[O-])cc2)=N/C1=C\c1cc(Br)c(OC(=O)c2ccccc2Cl)c(Br)c1. The van der Waals surface area contributed by atoms with E-state index in [0.717, 1.165) is 0 Å². The van der Waals surface area contributed by atoms with Crippen molar-refractivity contribution in [3.8, 4) is 5.75 Å². The first-order chi connectivity index (χ1) is 16.2. The lowest BCUT2D eigenvalue weighted by Crippen LogP contribution is -2.10. The van der Waals surface area contributed by atoms with Crippen molar-refractivity contribution in [2.24, 2.45) is 4.99 Å². The fourth-order valence-corrected chi connectivity index (χ4v) is 4.55. The van der Waals surface area contributed by atoms with Crippen molar-refractivity contribution in [1.29, 1.82) is 0 Å². The number of esters is 2. The molecule has 170 valence electrons. The monoisotopic (exact) mass is 604 g/mol. The van der Waals surface area contributed by atoms with Crippen LogP contribution < -0.4 is 4.74 Å². The van der Waals surface area contributed by atoms with Gasteiger partial charge in [-0.15, -0.1) is 0 Å². The number of rotatable bonds is 5. The highest BCUT2D eigenvalue weighted by atomic mass is 79.9. The molecule has 0 amide bonds. The lowest BCUT2D eigenvalue weighted by Gasteiger charge is -2.10. The molecule has 0 unspecified atom stereocenters. The van der Waals surface area contributed by atoms with Crippen LogP contribution in [-0.2, 0) is 9.53 Å². The molecule has 1 aliphatic heterocycles. The molecule has 1 aliphatic rings. The number of hydrogen-bond acceptors (Lipinski definition) is 7. The van der Waals surface area contributed by atoms with E-state index in [1.165, 1.54) is 30.3 Å². The molecule has 0 radical (unpaired) electrons. The molecule has 3 aromatic rings. The summed E-state index contributed by atoms with van der Waals surface area (Å²) >= 11 is 12.8. The number of aliphatic imine (C=N–C) groups is 1. The van der Waals surface area contributed by atoms with Gasteiger partial charge in [0.25, 0.3) is 5.69 Å². The third kappa shape index (κ3) is 5.09. The lowest BCUT2D eigenvalue weighted by atomic mass is 10.2. The van der Waals surface area contributed by atoms with Crippen LogP contribution in [0.1, 0.15) is 21.5 Å². The minimum Gasteiger partial charge on any atom is -0.420 e. The number of carbonyl (C=O) groups excluding carboxylic acids is 2. The lowest BCUT2D eigenvalue weighted by molar-refractivity contribution is -0.384. The van der Waals surface area contributed by atoms with Gasteiger partial charge in [-0.1, -0.05) is 23.7 Å². The number of non-ortho nitro benzene ring substituents is 1. The maximum Gasteiger partial charge on any atom is 0.363 e. The second-order valence-electron chi connectivity index (χ2n) is 6.82. The number of cyclic esters (lactones) is 1. The Hall–Kier alpha value is -3.34. The number of halogens is 3. The molecule has 11 heteroatoms. The van der Waals surface area contributed by atoms with Crippen LogP contribution in [0.15, 0.2) is 80.3 Å². The molecule has 4 rings (SSSR count). The van der Waals surface area contributed by atoms with Gasteiger partial charge in [-0.3, -0.25) is 10.1 Å². The van der Waals surface area contributed by atoms with Gasteiger partial charge in [0, 0.05) is 17.7 Å². The van der Waals surface area contributed by atoms with Gasteiger partial charge in [0.2, 0.25) is 5.90 Å². The van der Waals surface area contributed by atoms with Crippen LogP contribution >= 0.6 is 43.5 Å². The first kappa shape index (κ1) is 23.8. The average molecular weight is 607 g/mol. The standard InChI is InChI=1S/C23H11Br2ClN2O6/c24-16-9-12(10-17(25)20(16)33-22(29)15-3-1-2-4-18(15)26)11-19-23(30)34-21(27-19)13-5-7-14(8-6-13)28(31)32/h1-11H/b19-11-. The predicted molar refractivity (Wildman–Crippen MR) is 132 cm³/mol. The van der Waals surface area contributed by atoms with Crippen LogP contribution in [0, 0.1) is 10.1 Å². The van der Waals surface area contributed by atoms with Crippen molar-refractivity contribution in [3.63, 3.8) is 0 Å². The van der Waals surface area contributed by atoms with Crippen LogP contribution in [0.4, 0.5) is 5.69 Å². The highest BCUT2D eigenvalue weighted by molar-refractivity contribution is 9.11. The van der Waals surface area contributed by atoms with E-state index in [4.69, 9.17) is 21.1 Å². The minimum absolute atomic E-state index is 0.0352. The van der Waals surface area contributed by atoms with Gasteiger partial charge in [0.1, 0.15) is 0 Å². The van der Waals surface area contributed by atoms with Crippen LogP contribution in [0.25, 0.3) is 6.08 Å². The highest BCUT2D eigenvalue weighted by Gasteiger charge is 2.25. The molecule has 0 aliphatic carbocycles. The summed E-state index contributed by atoms with van der Waals surface area (Å²) < 4.78 is 11.6. The van der Waals surface area contributed by atoms with Crippen LogP contribution in [0.2, 0.25) is 5.02 Å². The molecule has 0 spiro atoms. The number of nitro groups is 1. The zero-order chi connectivity index (χ0) is 24.4. The van der Waals surface area contributed by atoms with Gasteiger partial charge >= 0.3 is 11.9 Å². The number of nitro benzene ring substituents is 1. The molecule has 0 aromatic heterocycles. The summed E-state index contributed by atoms with van der Waals surface area (Å²) in [6.07, 6.45) is 1.50. The predicted octanol–water partition coefficient (Wildman–Crippen LogP) is 6.34. The summed E-state index contributed by atoms with van der Waals surface area (Å²) in [6.45, 7) is 0. The minimum atomic E-state index is -0.671. The first-order valence-electron chi connectivity index (χ1n) is 9.46. The maximum atomic E-state index is 12.5. The Balaban J connectivity index is 1.58. The molecular weight excluding hydrogens is 596 g/mol. The van der Waals surface area contributed by atoms with Crippen LogP contribution in [-0.4, -0.2) is 22.8 Å². The largest absolute Gasteiger partial charge is 0.420 e. The Bertz CT molecular complexity index is 1380. The van der Waals surface area contributed by atoms with Gasteiger partial charge in [0.15, 0.2) is 11.4 Å². The van der Waals surface area contributed by atoms with E-state index in [1.807, 2.05) is 0 Å². The van der Waals surface area contributed by atoms with Gasteiger partial charge in [0.05, 0.1) is 24.5 Å². The van der Waals surface area contributed by atoms with Gasteiger partial charge in [-0.2, -0.15) is 0 Å². The van der Waals surface area contributed by atoms with E-state index in [0.29, 0.717) is 20.1 Å².